The Kier molecular flexibility index (Phi) is 8.69. The Bertz CT molecular complexity index is 2410. The molecule has 2 nitrogen and oxygen atoms in total. The van der Waals surface area contributed by atoms with Crippen molar-refractivity contribution in [1.29, 1.82) is 0 Å². The molecule has 0 spiro atoms. The summed E-state index contributed by atoms with van der Waals surface area (Å²) in [5, 5.41) is 0. The number of nitrogens with zero attached hydrogens (tertiary/aromatic N) is 2. The Morgan fingerprint density at radius 1 is 0.283 bits per heavy atom. The third-order valence-corrected chi connectivity index (χ3v) is 10.1. The molecule has 0 aromatic heterocycles. The van der Waals surface area contributed by atoms with Gasteiger partial charge in [-0.3, -0.25) is 0 Å². The van der Waals surface area contributed by atoms with Crippen molar-refractivity contribution in [3.8, 4) is 22.3 Å². The minimum absolute atomic E-state index is 0.919. The van der Waals surface area contributed by atoms with Gasteiger partial charge in [-0.05, 0) is 130 Å². The van der Waals surface area contributed by atoms with Crippen LogP contribution in [-0.2, 0) is 6.42 Å². The van der Waals surface area contributed by atoms with Crippen LogP contribution >= 0.6 is 0 Å². The Morgan fingerprint density at radius 3 is 1.11 bits per heavy atom. The first-order valence-corrected chi connectivity index (χ1v) is 18.2. The van der Waals surface area contributed by atoms with Crippen LogP contribution in [0.2, 0.25) is 0 Å². The van der Waals surface area contributed by atoms with Crippen LogP contribution < -0.4 is 9.80 Å². The van der Waals surface area contributed by atoms with E-state index in [-0.39, 0.29) is 0 Å². The SMILES string of the molecule is C1=C(c2cccc(-c3ccc(N(c4ccccc4)c4ccccc4)cc3)c2)Cc2cc(-c3ccc(N(c4ccccc4)c4ccccc4)cc3)ccc21. The van der Waals surface area contributed by atoms with Gasteiger partial charge in [-0.15, -0.1) is 0 Å². The highest BCUT2D eigenvalue weighted by Crippen LogP contribution is 2.39. The van der Waals surface area contributed by atoms with E-state index in [1.165, 1.54) is 44.5 Å². The van der Waals surface area contributed by atoms with Crippen LogP contribution in [0, 0.1) is 0 Å². The van der Waals surface area contributed by atoms with Crippen molar-refractivity contribution < 1.29 is 0 Å². The van der Waals surface area contributed by atoms with Crippen LogP contribution in [0.1, 0.15) is 16.7 Å². The number of benzene rings is 8. The monoisotopic (exact) mass is 678 g/mol. The minimum Gasteiger partial charge on any atom is -0.311 e. The molecule has 53 heavy (non-hydrogen) atoms. The number of rotatable bonds is 9. The summed E-state index contributed by atoms with van der Waals surface area (Å²) in [4.78, 5) is 4.60. The van der Waals surface area contributed by atoms with Crippen LogP contribution in [0.3, 0.4) is 0 Å². The fourth-order valence-electron chi connectivity index (χ4n) is 7.42. The fraction of sp³-hybridized carbons (Fsp3) is 0.0196. The third-order valence-electron chi connectivity index (χ3n) is 10.1. The lowest BCUT2D eigenvalue weighted by molar-refractivity contribution is 1.28. The van der Waals surface area contributed by atoms with E-state index < -0.39 is 0 Å². The lowest BCUT2D eigenvalue weighted by Gasteiger charge is -2.25. The van der Waals surface area contributed by atoms with Crippen molar-refractivity contribution in [2.24, 2.45) is 0 Å². The minimum atomic E-state index is 0.919. The molecule has 0 heterocycles. The number of anilines is 6. The lowest BCUT2D eigenvalue weighted by Crippen LogP contribution is -2.09. The maximum Gasteiger partial charge on any atom is 0.0462 e. The molecule has 9 rings (SSSR count). The maximum absolute atomic E-state index is 2.37. The summed E-state index contributed by atoms with van der Waals surface area (Å²) in [7, 11) is 0. The van der Waals surface area contributed by atoms with E-state index >= 15 is 0 Å². The number of hydrogen-bond acceptors (Lipinski definition) is 2. The standard InChI is InChI=1S/C51H38N2/c1-5-16-46(17-6-1)52(47-18-7-2-8-19-47)50-30-26-38(27-31-50)40-14-13-15-41(34-40)44-36-43-25-24-42(35-45(43)37-44)39-28-32-51(33-29-39)53(48-20-9-3-10-21-48)49-22-11-4-12-23-49/h1-36H,37H2. The van der Waals surface area contributed by atoms with Crippen molar-refractivity contribution in [2.45, 2.75) is 6.42 Å². The first-order chi connectivity index (χ1) is 26.3. The highest BCUT2D eigenvalue weighted by atomic mass is 15.1. The fourth-order valence-corrected chi connectivity index (χ4v) is 7.42. The molecule has 0 aliphatic heterocycles. The molecule has 2 heteroatoms. The van der Waals surface area contributed by atoms with Gasteiger partial charge in [-0.1, -0.05) is 140 Å². The zero-order chi connectivity index (χ0) is 35.4. The second kappa shape index (κ2) is 14.4. The molecule has 0 atom stereocenters. The Hall–Kier alpha value is -6.90. The highest BCUT2D eigenvalue weighted by Gasteiger charge is 2.17. The molecule has 0 unspecified atom stereocenters. The molecule has 0 saturated heterocycles. The normalized spacial score (nSPS) is 11.8. The molecule has 0 saturated carbocycles. The number of para-hydroxylation sites is 4. The van der Waals surface area contributed by atoms with E-state index in [9.17, 15) is 0 Å². The zero-order valence-corrected chi connectivity index (χ0v) is 29.4. The number of hydrogen-bond donors (Lipinski definition) is 0. The molecule has 0 radical (unpaired) electrons. The summed E-state index contributed by atoms with van der Waals surface area (Å²) in [5.41, 5.74) is 17.0. The first kappa shape index (κ1) is 32.0. The van der Waals surface area contributed by atoms with Gasteiger partial charge in [0.25, 0.3) is 0 Å². The van der Waals surface area contributed by atoms with E-state index in [0.29, 0.717) is 0 Å². The quantitative estimate of drug-likeness (QED) is 0.150. The molecule has 252 valence electrons. The van der Waals surface area contributed by atoms with Crippen molar-refractivity contribution in [3.63, 3.8) is 0 Å². The lowest BCUT2D eigenvalue weighted by atomic mass is 9.97. The van der Waals surface area contributed by atoms with Gasteiger partial charge >= 0.3 is 0 Å². The molecule has 1 aliphatic rings. The molecule has 8 aromatic rings. The summed E-state index contributed by atoms with van der Waals surface area (Å²) in [6.45, 7) is 0. The van der Waals surface area contributed by atoms with E-state index in [1.54, 1.807) is 0 Å². The van der Waals surface area contributed by atoms with E-state index in [4.69, 9.17) is 0 Å². The van der Waals surface area contributed by atoms with E-state index in [0.717, 1.165) is 40.5 Å². The number of allylic oxidation sites excluding steroid dienone is 1. The van der Waals surface area contributed by atoms with Crippen LogP contribution in [-0.4, -0.2) is 0 Å². The summed E-state index contributed by atoms with van der Waals surface area (Å²) < 4.78 is 0. The van der Waals surface area contributed by atoms with Gasteiger partial charge in [-0.2, -0.15) is 0 Å². The molecule has 8 aromatic carbocycles. The molecular weight excluding hydrogens is 641 g/mol. The summed E-state index contributed by atoms with van der Waals surface area (Å²) in [6, 6.07) is 76.0. The van der Waals surface area contributed by atoms with Gasteiger partial charge in [0.2, 0.25) is 0 Å². The Balaban J connectivity index is 0.937. The molecule has 0 amide bonds. The topological polar surface area (TPSA) is 6.48 Å². The zero-order valence-electron chi connectivity index (χ0n) is 29.4. The summed E-state index contributed by atoms with van der Waals surface area (Å²) in [5.74, 6) is 0. The second-order valence-corrected chi connectivity index (χ2v) is 13.4. The van der Waals surface area contributed by atoms with E-state index in [2.05, 4.69) is 228 Å². The van der Waals surface area contributed by atoms with Gasteiger partial charge < -0.3 is 9.80 Å². The predicted octanol–water partition coefficient (Wildman–Crippen LogP) is 14.1. The Morgan fingerprint density at radius 2 is 0.660 bits per heavy atom. The maximum atomic E-state index is 2.37. The van der Waals surface area contributed by atoms with Crippen LogP contribution in [0.5, 0.6) is 0 Å². The van der Waals surface area contributed by atoms with Crippen molar-refractivity contribution in [2.75, 3.05) is 9.80 Å². The van der Waals surface area contributed by atoms with Crippen LogP contribution in [0.25, 0.3) is 33.9 Å². The molecule has 0 bridgehead atoms. The van der Waals surface area contributed by atoms with Crippen molar-refractivity contribution in [3.05, 3.63) is 229 Å². The van der Waals surface area contributed by atoms with Crippen molar-refractivity contribution in [1.82, 2.24) is 0 Å². The number of fused-ring (bicyclic) bond motifs is 1. The largest absolute Gasteiger partial charge is 0.311 e. The average molecular weight is 679 g/mol. The first-order valence-electron chi connectivity index (χ1n) is 18.2. The van der Waals surface area contributed by atoms with Gasteiger partial charge in [0.15, 0.2) is 0 Å². The van der Waals surface area contributed by atoms with Gasteiger partial charge in [-0.25, -0.2) is 0 Å². The molecule has 0 fully saturated rings. The summed E-state index contributed by atoms with van der Waals surface area (Å²) in [6.07, 6.45) is 3.28. The molecule has 0 N–H and O–H groups in total. The molecule has 1 aliphatic carbocycles. The Labute approximate surface area is 312 Å². The van der Waals surface area contributed by atoms with Gasteiger partial charge in [0.1, 0.15) is 0 Å². The van der Waals surface area contributed by atoms with Gasteiger partial charge in [0, 0.05) is 34.1 Å². The highest BCUT2D eigenvalue weighted by molar-refractivity contribution is 5.91. The van der Waals surface area contributed by atoms with E-state index in [1.807, 2.05) is 0 Å². The smallest absolute Gasteiger partial charge is 0.0462 e. The summed E-state index contributed by atoms with van der Waals surface area (Å²) >= 11 is 0. The average Bonchev–Trinajstić information content (AvgIpc) is 3.67. The van der Waals surface area contributed by atoms with Gasteiger partial charge in [0.05, 0.1) is 0 Å². The second-order valence-electron chi connectivity index (χ2n) is 13.4. The van der Waals surface area contributed by atoms with Crippen LogP contribution in [0.15, 0.2) is 212 Å². The predicted molar refractivity (Wildman–Crippen MR) is 225 cm³/mol. The van der Waals surface area contributed by atoms with Crippen LogP contribution in [0.4, 0.5) is 34.1 Å². The molecular formula is C51H38N2. The third kappa shape index (κ3) is 6.67. The van der Waals surface area contributed by atoms with Crippen molar-refractivity contribution >= 4 is 45.8 Å².